The summed E-state index contributed by atoms with van der Waals surface area (Å²) in [4.78, 5) is 3.90. The smallest absolute Gasteiger partial charge is 0.191 e. The average Bonchev–Trinajstić information content (AvgIpc) is 2.56. The monoisotopic (exact) mass is 209 g/mol. The third-order valence-electron chi connectivity index (χ3n) is 2.05. The molecule has 2 rings (SSSR count). The largest absolute Gasteiger partial charge is 0.446 e. The van der Waals surface area contributed by atoms with Gasteiger partial charge < -0.3 is 4.42 Å². The Kier molecular flexibility index (Phi) is 2.49. The van der Waals surface area contributed by atoms with E-state index in [4.69, 9.17) is 4.42 Å². The molecular formula is C11H9F2NO. The van der Waals surface area contributed by atoms with Crippen molar-refractivity contribution in [2.24, 2.45) is 0 Å². The highest BCUT2D eigenvalue weighted by Crippen LogP contribution is 2.15. The first kappa shape index (κ1) is 9.83. The van der Waals surface area contributed by atoms with Gasteiger partial charge >= 0.3 is 0 Å². The summed E-state index contributed by atoms with van der Waals surface area (Å²) in [6, 6.07) is 3.49. The van der Waals surface area contributed by atoms with Crippen molar-refractivity contribution in [3.63, 3.8) is 0 Å². The van der Waals surface area contributed by atoms with Crippen LogP contribution in [0.2, 0.25) is 0 Å². The van der Waals surface area contributed by atoms with E-state index in [9.17, 15) is 8.78 Å². The van der Waals surface area contributed by atoms with Crippen molar-refractivity contribution < 1.29 is 13.2 Å². The van der Waals surface area contributed by atoms with E-state index in [1.807, 2.05) is 0 Å². The number of halogens is 2. The van der Waals surface area contributed by atoms with E-state index in [0.717, 1.165) is 6.07 Å². The minimum Gasteiger partial charge on any atom is -0.446 e. The highest BCUT2D eigenvalue weighted by Gasteiger charge is 2.07. The van der Waals surface area contributed by atoms with Crippen LogP contribution < -0.4 is 0 Å². The van der Waals surface area contributed by atoms with Crippen LogP contribution >= 0.6 is 0 Å². The van der Waals surface area contributed by atoms with Crippen LogP contribution in [0, 0.1) is 18.6 Å². The van der Waals surface area contributed by atoms with Crippen molar-refractivity contribution in [1.29, 1.82) is 0 Å². The van der Waals surface area contributed by atoms with Gasteiger partial charge in [-0.25, -0.2) is 13.8 Å². The van der Waals surface area contributed by atoms with Crippen LogP contribution in [0.5, 0.6) is 0 Å². The molecule has 78 valence electrons. The summed E-state index contributed by atoms with van der Waals surface area (Å²) in [7, 11) is 0. The standard InChI is InChI=1S/C11H9F2NO/c1-7-14-6-10(15-7)4-8-2-3-9(12)5-11(8)13/h2-3,5-6H,4H2,1H3. The summed E-state index contributed by atoms with van der Waals surface area (Å²) in [6.45, 7) is 1.71. The molecule has 2 nitrogen and oxygen atoms in total. The summed E-state index contributed by atoms with van der Waals surface area (Å²) in [5.41, 5.74) is 0.396. The Bertz CT molecular complexity index is 479. The first-order valence-corrected chi connectivity index (χ1v) is 4.50. The fraction of sp³-hybridized carbons (Fsp3) is 0.182. The number of hydrogen-bond donors (Lipinski definition) is 0. The van der Waals surface area contributed by atoms with E-state index >= 15 is 0 Å². The van der Waals surface area contributed by atoms with Crippen molar-refractivity contribution in [3.8, 4) is 0 Å². The number of aromatic nitrogens is 1. The fourth-order valence-corrected chi connectivity index (χ4v) is 1.34. The Morgan fingerprint density at radius 3 is 2.73 bits per heavy atom. The number of hydrogen-bond acceptors (Lipinski definition) is 2. The van der Waals surface area contributed by atoms with Crippen molar-refractivity contribution >= 4 is 0 Å². The van der Waals surface area contributed by atoms with Crippen LogP contribution in [0.15, 0.2) is 28.8 Å². The predicted molar refractivity (Wildman–Crippen MR) is 50.4 cm³/mol. The minimum absolute atomic E-state index is 0.285. The molecule has 0 unspecified atom stereocenters. The molecule has 15 heavy (non-hydrogen) atoms. The zero-order valence-electron chi connectivity index (χ0n) is 8.13. The van der Waals surface area contributed by atoms with E-state index in [2.05, 4.69) is 4.98 Å². The molecule has 0 bridgehead atoms. The molecule has 0 spiro atoms. The molecule has 1 heterocycles. The average molecular weight is 209 g/mol. The summed E-state index contributed by atoms with van der Waals surface area (Å²) in [6.07, 6.45) is 1.82. The van der Waals surface area contributed by atoms with Crippen LogP contribution in [0.25, 0.3) is 0 Å². The van der Waals surface area contributed by atoms with Gasteiger partial charge in [0, 0.05) is 19.4 Å². The van der Waals surface area contributed by atoms with Crippen molar-refractivity contribution in [2.45, 2.75) is 13.3 Å². The Labute approximate surface area is 85.6 Å². The SMILES string of the molecule is Cc1ncc(Cc2ccc(F)cc2F)o1. The molecule has 2 aromatic rings. The third kappa shape index (κ3) is 2.21. The lowest BCUT2D eigenvalue weighted by Crippen LogP contribution is -1.92. The van der Waals surface area contributed by atoms with Crippen molar-refractivity contribution in [3.05, 3.63) is 53.2 Å². The van der Waals surface area contributed by atoms with Crippen LogP contribution in [-0.2, 0) is 6.42 Å². The first-order chi connectivity index (χ1) is 7.15. The number of aryl methyl sites for hydroxylation is 1. The molecule has 0 aliphatic carbocycles. The number of benzene rings is 1. The maximum Gasteiger partial charge on any atom is 0.191 e. The lowest BCUT2D eigenvalue weighted by atomic mass is 10.1. The van der Waals surface area contributed by atoms with Gasteiger partial charge in [0.2, 0.25) is 0 Å². The van der Waals surface area contributed by atoms with Gasteiger partial charge in [-0.15, -0.1) is 0 Å². The van der Waals surface area contributed by atoms with Crippen LogP contribution in [0.1, 0.15) is 17.2 Å². The molecular weight excluding hydrogens is 200 g/mol. The van der Waals surface area contributed by atoms with Gasteiger partial charge in [-0.2, -0.15) is 0 Å². The number of rotatable bonds is 2. The van der Waals surface area contributed by atoms with Gasteiger partial charge in [-0.3, -0.25) is 0 Å². The number of nitrogens with zero attached hydrogens (tertiary/aromatic N) is 1. The van der Waals surface area contributed by atoms with E-state index in [1.165, 1.54) is 18.3 Å². The van der Waals surface area contributed by atoms with E-state index < -0.39 is 11.6 Å². The summed E-state index contributed by atoms with van der Waals surface area (Å²) in [5.74, 6) is -0.0421. The Morgan fingerprint density at radius 1 is 1.33 bits per heavy atom. The summed E-state index contributed by atoms with van der Waals surface area (Å²) >= 11 is 0. The molecule has 0 saturated carbocycles. The first-order valence-electron chi connectivity index (χ1n) is 4.50. The maximum absolute atomic E-state index is 13.2. The van der Waals surface area contributed by atoms with E-state index in [1.54, 1.807) is 6.92 Å². The highest BCUT2D eigenvalue weighted by molar-refractivity contribution is 5.22. The predicted octanol–water partition coefficient (Wildman–Crippen LogP) is 2.85. The summed E-state index contributed by atoms with van der Waals surface area (Å²) in [5, 5.41) is 0. The van der Waals surface area contributed by atoms with Gasteiger partial charge in [0.15, 0.2) is 5.89 Å². The Balaban J connectivity index is 2.24. The molecule has 4 heteroatoms. The fourth-order valence-electron chi connectivity index (χ4n) is 1.34. The molecule has 0 aliphatic rings. The van der Waals surface area contributed by atoms with Crippen LogP contribution in [0.4, 0.5) is 8.78 Å². The molecule has 1 aromatic carbocycles. The Morgan fingerprint density at radius 2 is 2.13 bits per heavy atom. The normalized spacial score (nSPS) is 10.6. The molecule has 0 radical (unpaired) electrons. The molecule has 0 N–H and O–H groups in total. The van der Waals surface area contributed by atoms with Gasteiger partial charge in [-0.05, 0) is 11.6 Å². The maximum atomic E-state index is 13.2. The molecule has 0 fully saturated rings. The van der Waals surface area contributed by atoms with Crippen molar-refractivity contribution in [2.75, 3.05) is 0 Å². The molecule has 0 saturated heterocycles. The van der Waals surface area contributed by atoms with Gasteiger partial charge in [-0.1, -0.05) is 6.07 Å². The lowest BCUT2D eigenvalue weighted by Gasteiger charge is -1.99. The number of oxazole rings is 1. The van der Waals surface area contributed by atoms with E-state index in [-0.39, 0.29) is 6.42 Å². The van der Waals surface area contributed by atoms with Gasteiger partial charge in [0.25, 0.3) is 0 Å². The van der Waals surface area contributed by atoms with Gasteiger partial charge in [0.05, 0.1) is 6.20 Å². The zero-order valence-corrected chi connectivity index (χ0v) is 8.13. The van der Waals surface area contributed by atoms with Crippen LogP contribution in [0.3, 0.4) is 0 Å². The van der Waals surface area contributed by atoms with Crippen LogP contribution in [-0.4, -0.2) is 4.98 Å². The van der Waals surface area contributed by atoms with Crippen molar-refractivity contribution in [1.82, 2.24) is 4.98 Å². The Hall–Kier alpha value is -1.71. The van der Waals surface area contributed by atoms with Gasteiger partial charge in [0.1, 0.15) is 17.4 Å². The zero-order chi connectivity index (χ0) is 10.8. The third-order valence-corrected chi connectivity index (χ3v) is 2.05. The quantitative estimate of drug-likeness (QED) is 0.760. The molecule has 0 aliphatic heterocycles. The molecule has 1 aromatic heterocycles. The van der Waals surface area contributed by atoms with E-state index in [0.29, 0.717) is 17.2 Å². The highest BCUT2D eigenvalue weighted by atomic mass is 19.1. The lowest BCUT2D eigenvalue weighted by molar-refractivity contribution is 0.479. The second kappa shape index (κ2) is 3.81. The molecule has 0 atom stereocenters. The second-order valence-corrected chi connectivity index (χ2v) is 3.26. The minimum atomic E-state index is -0.579. The summed E-state index contributed by atoms with van der Waals surface area (Å²) < 4.78 is 31.1. The topological polar surface area (TPSA) is 26.0 Å². The molecule has 0 amide bonds. The second-order valence-electron chi connectivity index (χ2n) is 3.26.